The Hall–Kier alpha value is -1.79. The number of carbonyl (C=O) groups excluding carboxylic acids is 1. The van der Waals surface area contributed by atoms with E-state index in [1.807, 2.05) is 12.1 Å². The van der Waals surface area contributed by atoms with Gasteiger partial charge in [-0.15, -0.1) is 0 Å². The van der Waals surface area contributed by atoms with Gasteiger partial charge < -0.3 is 10.4 Å². The zero-order valence-electron chi connectivity index (χ0n) is 12.4. The first-order chi connectivity index (χ1) is 9.32. The summed E-state index contributed by atoms with van der Waals surface area (Å²) in [4.78, 5) is 12.4. The maximum atomic E-state index is 12.4. The molecule has 1 amide bonds. The Morgan fingerprint density at radius 1 is 1.25 bits per heavy atom. The molecule has 0 aromatic heterocycles. The molecule has 2 rings (SSSR count). The summed E-state index contributed by atoms with van der Waals surface area (Å²) >= 11 is 0. The molecular weight excluding hydrogens is 250 g/mol. The number of carbonyl (C=O) groups is 1. The van der Waals surface area contributed by atoms with E-state index in [-0.39, 0.29) is 29.4 Å². The number of hydrogen-bond acceptors (Lipinski definition) is 2. The van der Waals surface area contributed by atoms with Gasteiger partial charge >= 0.3 is 0 Å². The maximum Gasteiger partial charge on any atom is 0.252 e. The van der Waals surface area contributed by atoms with Crippen molar-refractivity contribution in [3.8, 4) is 11.8 Å². The van der Waals surface area contributed by atoms with Crippen molar-refractivity contribution in [2.45, 2.75) is 33.7 Å². The van der Waals surface area contributed by atoms with Crippen LogP contribution in [-0.2, 0) is 0 Å². The lowest BCUT2D eigenvalue weighted by Crippen LogP contribution is -2.30. The van der Waals surface area contributed by atoms with Crippen molar-refractivity contribution < 1.29 is 9.90 Å². The Morgan fingerprint density at radius 2 is 1.85 bits per heavy atom. The summed E-state index contributed by atoms with van der Waals surface area (Å²) < 4.78 is 0. The molecule has 0 radical (unpaired) electrons. The zero-order chi connectivity index (χ0) is 15.0. The Balaban J connectivity index is 2.19. The molecule has 20 heavy (non-hydrogen) atoms. The summed E-state index contributed by atoms with van der Waals surface area (Å²) in [6.45, 7) is 8.44. The number of rotatable bonds is 2. The van der Waals surface area contributed by atoms with Gasteiger partial charge in [0.25, 0.3) is 5.91 Å². The summed E-state index contributed by atoms with van der Waals surface area (Å²) in [5.41, 5.74) is 1.42. The average molecular weight is 271 g/mol. The van der Waals surface area contributed by atoms with Crippen LogP contribution in [0.2, 0.25) is 0 Å². The monoisotopic (exact) mass is 271 g/mol. The van der Waals surface area contributed by atoms with Gasteiger partial charge in [-0.05, 0) is 23.0 Å². The predicted molar refractivity (Wildman–Crippen MR) is 79.2 cm³/mol. The number of hydrogen-bond donors (Lipinski definition) is 2. The number of nitrogens with one attached hydrogen (secondary N) is 1. The van der Waals surface area contributed by atoms with Crippen LogP contribution in [0.3, 0.4) is 0 Å². The minimum absolute atomic E-state index is 0.100. The molecule has 0 saturated heterocycles. The largest absolute Gasteiger partial charge is 0.384 e. The smallest absolute Gasteiger partial charge is 0.252 e. The predicted octanol–water partition coefficient (Wildman–Crippen LogP) is 2.19. The van der Waals surface area contributed by atoms with Crippen molar-refractivity contribution in [1.82, 2.24) is 5.32 Å². The molecule has 106 valence electrons. The van der Waals surface area contributed by atoms with Gasteiger partial charge in [-0.25, -0.2) is 0 Å². The molecular formula is C17H21NO2. The fourth-order valence-electron chi connectivity index (χ4n) is 2.69. The third-order valence-corrected chi connectivity index (χ3v) is 4.77. The van der Waals surface area contributed by atoms with Crippen LogP contribution in [0.25, 0.3) is 0 Å². The third-order valence-electron chi connectivity index (χ3n) is 4.77. The van der Waals surface area contributed by atoms with Gasteiger partial charge in [-0.2, -0.15) is 0 Å². The molecule has 3 nitrogen and oxygen atoms in total. The van der Waals surface area contributed by atoms with E-state index >= 15 is 0 Å². The Kier molecular flexibility index (Phi) is 3.62. The Bertz CT molecular complexity index is 576. The molecule has 1 aliphatic carbocycles. The van der Waals surface area contributed by atoms with Crippen LogP contribution in [0.15, 0.2) is 24.3 Å². The second-order valence-corrected chi connectivity index (χ2v) is 6.36. The molecule has 1 aromatic rings. The molecule has 0 heterocycles. The molecule has 0 atom stereocenters. The number of aliphatic hydroxyl groups is 1. The van der Waals surface area contributed by atoms with Crippen LogP contribution in [0.5, 0.6) is 0 Å². The van der Waals surface area contributed by atoms with E-state index in [2.05, 4.69) is 44.9 Å². The summed E-state index contributed by atoms with van der Waals surface area (Å²) in [5, 5.41) is 11.9. The van der Waals surface area contributed by atoms with Crippen LogP contribution in [-0.4, -0.2) is 23.7 Å². The van der Waals surface area contributed by atoms with E-state index < -0.39 is 0 Å². The Labute approximate surface area is 120 Å². The molecule has 0 bridgehead atoms. The lowest BCUT2D eigenvalue weighted by atomic mass is 10.0. The van der Waals surface area contributed by atoms with E-state index in [1.165, 1.54) is 0 Å². The van der Waals surface area contributed by atoms with E-state index in [0.717, 1.165) is 0 Å². The normalized spacial score (nSPS) is 18.9. The van der Waals surface area contributed by atoms with Crippen LogP contribution in [0, 0.1) is 22.7 Å². The lowest BCUT2D eigenvalue weighted by molar-refractivity contribution is 0.0943. The first-order valence-corrected chi connectivity index (χ1v) is 6.82. The fourth-order valence-corrected chi connectivity index (χ4v) is 2.69. The third kappa shape index (κ3) is 2.32. The van der Waals surface area contributed by atoms with Crippen molar-refractivity contribution in [2.24, 2.45) is 10.8 Å². The minimum Gasteiger partial charge on any atom is -0.384 e. The molecule has 0 aliphatic heterocycles. The van der Waals surface area contributed by atoms with Gasteiger partial charge in [0.1, 0.15) is 6.61 Å². The first kappa shape index (κ1) is 14.6. The van der Waals surface area contributed by atoms with Gasteiger partial charge in [0.15, 0.2) is 0 Å². The number of aliphatic hydroxyl groups excluding tert-OH is 1. The molecule has 0 spiro atoms. The molecule has 3 heteroatoms. The van der Waals surface area contributed by atoms with Gasteiger partial charge in [0, 0.05) is 11.6 Å². The quantitative estimate of drug-likeness (QED) is 0.810. The van der Waals surface area contributed by atoms with E-state index in [4.69, 9.17) is 5.11 Å². The van der Waals surface area contributed by atoms with Crippen molar-refractivity contribution in [3.05, 3.63) is 35.4 Å². The standard InChI is InChI=1S/C17H21NO2/c1-16(2)15(17(16,3)4)18-14(20)13-10-6-5-8-12(13)9-7-11-19/h5-6,8,10,15,19H,11H2,1-4H3,(H,18,20). The van der Waals surface area contributed by atoms with E-state index in [9.17, 15) is 4.79 Å². The van der Waals surface area contributed by atoms with Gasteiger partial charge in [0.2, 0.25) is 0 Å². The fraction of sp³-hybridized carbons (Fsp3) is 0.471. The average Bonchev–Trinajstić information content (AvgIpc) is 2.79. The summed E-state index contributed by atoms with van der Waals surface area (Å²) in [5.74, 6) is 5.30. The molecule has 1 saturated carbocycles. The van der Waals surface area contributed by atoms with E-state index in [0.29, 0.717) is 11.1 Å². The summed E-state index contributed by atoms with van der Waals surface area (Å²) in [6, 6.07) is 7.38. The van der Waals surface area contributed by atoms with Crippen LogP contribution >= 0.6 is 0 Å². The van der Waals surface area contributed by atoms with Crippen molar-refractivity contribution in [2.75, 3.05) is 6.61 Å². The molecule has 0 unspecified atom stereocenters. The molecule has 1 fully saturated rings. The first-order valence-electron chi connectivity index (χ1n) is 6.82. The highest BCUT2D eigenvalue weighted by molar-refractivity contribution is 5.97. The SMILES string of the molecule is CC1(C)C(NC(=O)c2ccccc2C#CCO)C1(C)C. The molecule has 1 aromatic carbocycles. The van der Waals surface area contributed by atoms with Gasteiger partial charge in [-0.1, -0.05) is 51.7 Å². The second kappa shape index (κ2) is 4.96. The second-order valence-electron chi connectivity index (χ2n) is 6.36. The van der Waals surface area contributed by atoms with Gasteiger partial charge in [-0.3, -0.25) is 4.79 Å². The lowest BCUT2D eigenvalue weighted by Gasteiger charge is -2.08. The highest BCUT2D eigenvalue weighted by Gasteiger charge is 2.65. The molecule has 1 aliphatic rings. The molecule has 2 N–H and O–H groups in total. The zero-order valence-corrected chi connectivity index (χ0v) is 12.4. The number of amides is 1. The van der Waals surface area contributed by atoms with Crippen molar-refractivity contribution >= 4 is 5.91 Å². The van der Waals surface area contributed by atoms with Crippen molar-refractivity contribution in [3.63, 3.8) is 0 Å². The Morgan fingerprint density at radius 3 is 2.40 bits per heavy atom. The van der Waals surface area contributed by atoms with Crippen LogP contribution in [0.4, 0.5) is 0 Å². The van der Waals surface area contributed by atoms with Crippen LogP contribution < -0.4 is 5.32 Å². The number of benzene rings is 1. The maximum absolute atomic E-state index is 12.4. The summed E-state index contributed by atoms with van der Waals surface area (Å²) in [7, 11) is 0. The summed E-state index contributed by atoms with van der Waals surface area (Å²) in [6.07, 6.45) is 0. The highest BCUT2D eigenvalue weighted by Crippen LogP contribution is 2.62. The van der Waals surface area contributed by atoms with Gasteiger partial charge in [0.05, 0.1) is 5.56 Å². The van der Waals surface area contributed by atoms with E-state index in [1.54, 1.807) is 12.1 Å². The minimum atomic E-state index is -0.210. The highest BCUT2D eigenvalue weighted by atomic mass is 16.2. The topological polar surface area (TPSA) is 49.3 Å². The van der Waals surface area contributed by atoms with Crippen LogP contribution in [0.1, 0.15) is 43.6 Å². The van der Waals surface area contributed by atoms with Crippen molar-refractivity contribution in [1.29, 1.82) is 0 Å².